The third-order valence-corrected chi connectivity index (χ3v) is 3.54. The molecule has 112 valence electrons. The van der Waals surface area contributed by atoms with Crippen molar-refractivity contribution in [3.8, 4) is 5.75 Å². The van der Waals surface area contributed by atoms with E-state index in [4.69, 9.17) is 16.3 Å². The summed E-state index contributed by atoms with van der Waals surface area (Å²) in [4.78, 5) is 0. The molecule has 3 nitrogen and oxygen atoms in total. The standard InChI is InChI=1S/C16H17ClFNO2/c1-21-13-6-2-4-11(8-13)15(10-20)19-9-12-5-3-7-14(17)16(12)18/h2-8,15,19-20H,9-10H2,1H3. The topological polar surface area (TPSA) is 41.5 Å². The first-order valence-corrected chi connectivity index (χ1v) is 6.94. The Labute approximate surface area is 128 Å². The molecule has 0 amide bonds. The van der Waals surface area contributed by atoms with E-state index >= 15 is 0 Å². The van der Waals surface area contributed by atoms with Gasteiger partial charge in [0.05, 0.1) is 24.8 Å². The van der Waals surface area contributed by atoms with Gasteiger partial charge >= 0.3 is 0 Å². The van der Waals surface area contributed by atoms with Crippen molar-refractivity contribution in [2.45, 2.75) is 12.6 Å². The average molecular weight is 310 g/mol. The van der Waals surface area contributed by atoms with Gasteiger partial charge in [-0.1, -0.05) is 35.9 Å². The summed E-state index contributed by atoms with van der Waals surface area (Å²) in [7, 11) is 1.59. The lowest BCUT2D eigenvalue weighted by atomic mass is 10.1. The van der Waals surface area contributed by atoms with Gasteiger partial charge in [-0.25, -0.2) is 4.39 Å². The maximum atomic E-state index is 13.8. The average Bonchev–Trinajstić information content (AvgIpc) is 2.52. The summed E-state index contributed by atoms with van der Waals surface area (Å²) in [5.41, 5.74) is 1.34. The van der Waals surface area contributed by atoms with Crippen LogP contribution in [0.5, 0.6) is 5.75 Å². The highest BCUT2D eigenvalue weighted by Crippen LogP contribution is 2.21. The minimum absolute atomic E-state index is 0.0937. The monoisotopic (exact) mass is 309 g/mol. The zero-order valence-corrected chi connectivity index (χ0v) is 12.4. The Bertz CT molecular complexity index is 607. The SMILES string of the molecule is COc1cccc(C(CO)NCc2cccc(Cl)c2F)c1. The zero-order valence-electron chi connectivity index (χ0n) is 11.6. The van der Waals surface area contributed by atoms with Crippen LogP contribution in [0.25, 0.3) is 0 Å². The van der Waals surface area contributed by atoms with Crippen LogP contribution >= 0.6 is 11.6 Å². The molecule has 2 N–H and O–H groups in total. The lowest BCUT2D eigenvalue weighted by Crippen LogP contribution is -2.24. The summed E-state index contributed by atoms with van der Waals surface area (Å²) in [6.45, 7) is 0.171. The van der Waals surface area contributed by atoms with Gasteiger partial charge < -0.3 is 15.2 Å². The van der Waals surface area contributed by atoms with Crippen molar-refractivity contribution in [3.63, 3.8) is 0 Å². The van der Waals surface area contributed by atoms with Crippen molar-refractivity contribution in [1.82, 2.24) is 5.32 Å². The van der Waals surface area contributed by atoms with Gasteiger partial charge in [-0.15, -0.1) is 0 Å². The highest BCUT2D eigenvalue weighted by Gasteiger charge is 2.12. The number of benzene rings is 2. The Morgan fingerprint density at radius 2 is 2.05 bits per heavy atom. The molecule has 1 atom stereocenters. The second kappa shape index (κ2) is 7.41. The van der Waals surface area contributed by atoms with E-state index in [0.29, 0.717) is 11.3 Å². The summed E-state index contributed by atoms with van der Waals surface area (Å²) in [5, 5.41) is 12.7. The minimum atomic E-state index is -0.436. The lowest BCUT2D eigenvalue weighted by Gasteiger charge is -2.18. The first-order chi connectivity index (χ1) is 10.2. The first-order valence-electron chi connectivity index (χ1n) is 6.56. The Balaban J connectivity index is 2.10. The molecule has 5 heteroatoms. The predicted octanol–water partition coefficient (Wildman–Crippen LogP) is 3.31. The van der Waals surface area contributed by atoms with E-state index in [-0.39, 0.29) is 24.2 Å². The van der Waals surface area contributed by atoms with E-state index < -0.39 is 5.82 Å². The number of rotatable bonds is 6. The third-order valence-electron chi connectivity index (χ3n) is 3.25. The van der Waals surface area contributed by atoms with Crippen molar-refractivity contribution in [3.05, 3.63) is 64.4 Å². The molecular weight excluding hydrogens is 293 g/mol. The van der Waals surface area contributed by atoms with E-state index in [9.17, 15) is 9.50 Å². The van der Waals surface area contributed by atoms with E-state index in [2.05, 4.69) is 5.32 Å². The molecule has 0 heterocycles. The van der Waals surface area contributed by atoms with Crippen LogP contribution in [0.3, 0.4) is 0 Å². The van der Waals surface area contributed by atoms with Gasteiger partial charge in [-0.3, -0.25) is 0 Å². The van der Waals surface area contributed by atoms with Gasteiger partial charge in [0.1, 0.15) is 11.6 Å². The summed E-state index contributed by atoms with van der Waals surface area (Å²) in [6, 6.07) is 11.9. The quantitative estimate of drug-likeness (QED) is 0.860. The van der Waals surface area contributed by atoms with Crippen LogP contribution in [-0.4, -0.2) is 18.8 Å². The number of methoxy groups -OCH3 is 1. The Kier molecular flexibility index (Phi) is 5.56. The number of aliphatic hydroxyl groups excluding tert-OH is 1. The van der Waals surface area contributed by atoms with E-state index in [1.54, 1.807) is 19.2 Å². The molecule has 2 rings (SSSR count). The Morgan fingerprint density at radius 1 is 1.29 bits per heavy atom. The molecular formula is C16H17ClFNO2. The van der Waals surface area contributed by atoms with Crippen molar-refractivity contribution in [2.24, 2.45) is 0 Å². The fourth-order valence-electron chi connectivity index (χ4n) is 2.06. The molecule has 0 aliphatic heterocycles. The van der Waals surface area contributed by atoms with Gasteiger partial charge in [-0.2, -0.15) is 0 Å². The maximum Gasteiger partial charge on any atom is 0.146 e. The largest absolute Gasteiger partial charge is 0.497 e. The summed E-state index contributed by atoms with van der Waals surface area (Å²) in [6.07, 6.45) is 0. The molecule has 0 aromatic heterocycles. The number of nitrogens with one attached hydrogen (secondary N) is 1. The van der Waals surface area contributed by atoms with Gasteiger partial charge in [0.2, 0.25) is 0 Å². The van der Waals surface area contributed by atoms with Crippen LogP contribution in [0, 0.1) is 5.82 Å². The fraction of sp³-hybridized carbons (Fsp3) is 0.250. The number of halogens is 2. The normalized spacial score (nSPS) is 12.2. The second-order valence-electron chi connectivity index (χ2n) is 4.61. The summed E-state index contributed by atoms with van der Waals surface area (Å²) >= 11 is 5.75. The lowest BCUT2D eigenvalue weighted by molar-refractivity contribution is 0.243. The third kappa shape index (κ3) is 3.94. The molecule has 0 radical (unpaired) electrons. The van der Waals surface area contributed by atoms with E-state index in [1.165, 1.54) is 6.07 Å². The molecule has 0 saturated carbocycles. The Morgan fingerprint density at radius 3 is 2.76 bits per heavy atom. The number of ether oxygens (including phenoxy) is 1. The molecule has 1 unspecified atom stereocenters. The summed E-state index contributed by atoms with van der Waals surface area (Å²) < 4.78 is 19.0. The van der Waals surface area contributed by atoms with Gasteiger partial charge in [0, 0.05) is 12.1 Å². The predicted molar refractivity (Wildman–Crippen MR) is 81.1 cm³/mol. The highest BCUT2D eigenvalue weighted by atomic mass is 35.5. The van der Waals surface area contributed by atoms with Crippen LogP contribution in [-0.2, 0) is 6.54 Å². The van der Waals surface area contributed by atoms with Crippen LogP contribution in [0.15, 0.2) is 42.5 Å². The van der Waals surface area contributed by atoms with Crippen LogP contribution in [0.2, 0.25) is 5.02 Å². The van der Waals surface area contributed by atoms with Gasteiger partial charge in [0.25, 0.3) is 0 Å². The van der Waals surface area contributed by atoms with E-state index in [0.717, 1.165) is 5.56 Å². The fourth-order valence-corrected chi connectivity index (χ4v) is 2.26. The molecule has 2 aromatic carbocycles. The van der Waals surface area contributed by atoms with Gasteiger partial charge in [0.15, 0.2) is 0 Å². The molecule has 0 saturated heterocycles. The van der Waals surface area contributed by atoms with Crippen molar-refractivity contribution in [2.75, 3.05) is 13.7 Å². The highest BCUT2D eigenvalue weighted by molar-refractivity contribution is 6.30. The molecule has 0 aliphatic rings. The zero-order chi connectivity index (χ0) is 15.2. The number of aliphatic hydroxyl groups is 1. The van der Waals surface area contributed by atoms with Crippen LogP contribution < -0.4 is 10.1 Å². The van der Waals surface area contributed by atoms with Crippen molar-refractivity contribution < 1.29 is 14.2 Å². The molecule has 21 heavy (non-hydrogen) atoms. The molecule has 0 spiro atoms. The minimum Gasteiger partial charge on any atom is -0.497 e. The number of hydrogen-bond acceptors (Lipinski definition) is 3. The van der Waals surface area contributed by atoms with Crippen LogP contribution in [0.4, 0.5) is 4.39 Å². The van der Waals surface area contributed by atoms with Crippen LogP contribution in [0.1, 0.15) is 17.2 Å². The van der Waals surface area contributed by atoms with E-state index in [1.807, 2.05) is 24.3 Å². The molecule has 0 bridgehead atoms. The second-order valence-corrected chi connectivity index (χ2v) is 5.01. The van der Waals surface area contributed by atoms with Crippen molar-refractivity contribution in [1.29, 1.82) is 0 Å². The smallest absolute Gasteiger partial charge is 0.146 e. The summed E-state index contributed by atoms with van der Waals surface area (Å²) in [5.74, 6) is 0.274. The maximum absolute atomic E-state index is 13.8. The number of hydrogen-bond donors (Lipinski definition) is 2. The molecule has 0 aliphatic carbocycles. The first kappa shape index (κ1) is 15.8. The van der Waals surface area contributed by atoms with Gasteiger partial charge in [-0.05, 0) is 23.8 Å². The molecule has 2 aromatic rings. The Hall–Kier alpha value is -1.62. The molecule has 0 fully saturated rings. The van der Waals surface area contributed by atoms with Crippen molar-refractivity contribution >= 4 is 11.6 Å².